The number of aliphatic hydroxyl groups is 1. The van der Waals surface area contributed by atoms with E-state index in [-0.39, 0.29) is 65.9 Å². The van der Waals surface area contributed by atoms with E-state index < -0.39 is 32.2 Å². The Bertz CT molecular complexity index is 1340. The second-order valence-corrected chi connectivity index (χ2v) is 24.3. The summed E-state index contributed by atoms with van der Waals surface area (Å²) in [6.07, 6.45) is 15.4. The number of carbonyl (C=O) groups excluding carboxylic acids is 3. The molecule has 3 heterocycles. The number of ketones is 1. The van der Waals surface area contributed by atoms with Crippen molar-refractivity contribution in [1.29, 1.82) is 0 Å². The molecule has 3 fully saturated rings. The van der Waals surface area contributed by atoms with Crippen molar-refractivity contribution < 1.29 is 38.1 Å². The number of aliphatic hydroxyl groups excluding tert-OH is 1. The summed E-state index contributed by atoms with van der Waals surface area (Å²) in [5.74, 6) is -0.138. The second kappa shape index (κ2) is 22.6. The summed E-state index contributed by atoms with van der Waals surface area (Å²) in [4.78, 5) is 39.2. The van der Waals surface area contributed by atoms with Crippen molar-refractivity contribution in [2.75, 3.05) is 13.1 Å². The molecule has 0 aromatic rings. The summed E-state index contributed by atoms with van der Waals surface area (Å²) in [6, 6.07) is 0. The molecule has 11 heteroatoms. The van der Waals surface area contributed by atoms with Crippen LogP contribution in [0.25, 0.3) is 0 Å². The van der Waals surface area contributed by atoms with Crippen molar-refractivity contribution in [1.82, 2.24) is 10.6 Å². The summed E-state index contributed by atoms with van der Waals surface area (Å²) >= 11 is 0. The standard InChI is InChI=1S/C46H82N2O8Si/c1-13-16-37(50)28-39-22-20-32(3)41(53-39)29-43(51)48-30-42(56-57(11,12)45(8,9)10)35(6)44(52)47-26-15-18-40-33(4)23-25-46(55-40)24-14-17-38(54-46)21-19-31(2)27-34(5)36(7)49/h13,16,27,31-33,35-36,38-42,49H,14-15,17-26,28-30H2,1-12H3,(H,47,52)(H,48,51)/b16-13+,34-27+/t31-,32-,33-,35-,36-,38-,39-,40+,41-,42-,46-/m0/s1. The number of rotatable bonds is 20. The quantitative estimate of drug-likeness (QED) is 0.0481. The molecule has 2 amide bonds. The van der Waals surface area contributed by atoms with Gasteiger partial charge < -0.3 is 34.4 Å². The molecule has 3 N–H and O–H groups in total. The van der Waals surface area contributed by atoms with E-state index in [2.05, 4.69) is 71.3 Å². The lowest BCUT2D eigenvalue weighted by Gasteiger charge is -2.48. The summed E-state index contributed by atoms with van der Waals surface area (Å²) < 4.78 is 26.6. The minimum Gasteiger partial charge on any atom is -0.411 e. The van der Waals surface area contributed by atoms with Gasteiger partial charge in [0.15, 0.2) is 19.9 Å². The van der Waals surface area contributed by atoms with Gasteiger partial charge >= 0.3 is 0 Å². The highest BCUT2D eigenvalue weighted by Crippen LogP contribution is 2.43. The van der Waals surface area contributed by atoms with Crippen LogP contribution in [0.4, 0.5) is 0 Å². The highest BCUT2D eigenvalue weighted by atomic mass is 28.4. The summed E-state index contributed by atoms with van der Waals surface area (Å²) in [5, 5.41) is 16.1. The maximum Gasteiger partial charge on any atom is 0.225 e. The molecule has 3 aliphatic heterocycles. The molecule has 3 saturated heterocycles. The Morgan fingerprint density at radius 3 is 2.30 bits per heavy atom. The largest absolute Gasteiger partial charge is 0.411 e. The Morgan fingerprint density at radius 1 is 0.930 bits per heavy atom. The predicted octanol–water partition coefficient (Wildman–Crippen LogP) is 8.96. The van der Waals surface area contributed by atoms with E-state index in [9.17, 15) is 19.5 Å². The van der Waals surface area contributed by atoms with E-state index in [0.717, 1.165) is 76.2 Å². The zero-order valence-corrected chi connectivity index (χ0v) is 38.9. The molecule has 0 aliphatic carbocycles. The number of hydrogen-bond donors (Lipinski definition) is 3. The summed E-state index contributed by atoms with van der Waals surface area (Å²) in [5.41, 5.74) is 1.02. The lowest BCUT2D eigenvalue weighted by Crippen LogP contribution is -2.52. The first-order valence-corrected chi connectivity index (χ1v) is 25.3. The first-order chi connectivity index (χ1) is 26.6. The van der Waals surface area contributed by atoms with Gasteiger partial charge in [-0.15, -0.1) is 0 Å². The molecule has 3 rings (SSSR count). The maximum absolute atomic E-state index is 13.7. The normalized spacial score (nSPS) is 29.8. The monoisotopic (exact) mass is 819 g/mol. The minimum absolute atomic E-state index is 0.0432. The fraction of sp³-hybridized carbons (Fsp3) is 0.848. The first-order valence-electron chi connectivity index (χ1n) is 22.4. The van der Waals surface area contributed by atoms with Gasteiger partial charge in [-0.1, -0.05) is 60.6 Å². The van der Waals surface area contributed by atoms with Crippen LogP contribution in [0.15, 0.2) is 23.8 Å². The Kier molecular flexibility index (Phi) is 19.6. The maximum atomic E-state index is 13.7. The molecule has 10 nitrogen and oxygen atoms in total. The first kappa shape index (κ1) is 49.5. The van der Waals surface area contributed by atoms with E-state index in [1.165, 1.54) is 0 Å². The highest BCUT2D eigenvalue weighted by Gasteiger charge is 2.45. The van der Waals surface area contributed by atoms with Gasteiger partial charge in [0.05, 0.1) is 49.0 Å². The van der Waals surface area contributed by atoms with Crippen LogP contribution in [0.5, 0.6) is 0 Å². The van der Waals surface area contributed by atoms with Crippen LogP contribution in [-0.2, 0) is 33.0 Å². The van der Waals surface area contributed by atoms with Crippen molar-refractivity contribution in [3.8, 4) is 0 Å². The third-order valence-electron chi connectivity index (χ3n) is 13.4. The van der Waals surface area contributed by atoms with Gasteiger partial charge in [-0.3, -0.25) is 14.4 Å². The molecule has 11 atom stereocenters. The Labute approximate surface area is 347 Å². The molecule has 3 aliphatic rings. The van der Waals surface area contributed by atoms with E-state index in [1.54, 1.807) is 12.2 Å². The Balaban J connectivity index is 1.53. The van der Waals surface area contributed by atoms with Gasteiger partial charge in [-0.2, -0.15) is 0 Å². The molecule has 0 aromatic heterocycles. The molecular formula is C46H82N2O8Si. The number of amides is 2. The third-order valence-corrected chi connectivity index (χ3v) is 17.9. The Morgan fingerprint density at radius 2 is 1.63 bits per heavy atom. The van der Waals surface area contributed by atoms with Crippen LogP contribution in [0, 0.1) is 23.7 Å². The average molecular weight is 819 g/mol. The number of allylic oxidation sites excluding steroid dienone is 3. The third kappa shape index (κ3) is 15.9. The molecule has 0 bridgehead atoms. The van der Waals surface area contributed by atoms with Crippen LogP contribution in [-0.4, -0.2) is 86.5 Å². The van der Waals surface area contributed by atoms with Crippen LogP contribution in [0.2, 0.25) is 18.1 Å². The number of carbonyl (C=O) groups is 3. The fourth-order valence-corrected chi connectivity index (χ4v) is 9.59. The van der Waals surface area contributed by atoms with Gasteiger partial charge in [0.25, 0.3) is 0 Å². The zero-order chi connectivity index (χ0) is 42.6. The van der Waals surface area contributed by atoms with Crippen molar-refractivity contribution in [2.24, 2.45) is 23.7 Å². The van der Waals surface area contributed by atoms with Crippen molar-refractivity contribution in [3.05, 3.63) is 23.8 Å². The van der Waals surface area contributed by atoms with E-state index >= 15 is 0 Å². The number of ether oxygens (including phenoxy) is 3. The topological polar surface area (TPSA) is 132 Å². The summed E-state index contributed by atoms with van der Waals surface area (Å²) in [7, 11) is -2.28. The molecule has 0 unspecified atom stereocenters. The average Bonchev–Trinajstić information content (AvgIpc) is 3.13. The SMILES string of the molecule is C/C=C/C(=O)C[C@@H]1CC[C@H](C)[C@H](CC(=O)NC[C@H](O[Si](C)(C)C(C)(C)C)[C@H](C)C(=O)NCCC[C@H]2O[C@@]3(CCC[C@@H](CC[C@H](C)/C=C(\C)[C@H](C)O)O3)CC[C@@H]2C)O1. The van der Waals surface area contributed by atoms with Crippen LogP contribution < -0.4 is 10.6 Å². The zero-order valence-electron chi connectivity index (χ0n) is 37.9. The van der Waals surface area contributed by atoms with Crippen LogP contribution in [0.3, 0.4) is 0 Å². The fourth-order valence-electron chi connectivity index (χ4n) is 8.19. The van der Waals surface area contributed by atoms with Crippen LogP contribution in [0.1, 0.15) is 153 Å². The van der Waals surface area contributed by atoms with E-state index in [4.69, 9.17) is 18.6 Å². The van der Waals surface area contributed by atoms with Gasteiger partial charge in [0.2, 0.25) is 11.8 Å². The predicted molar refractivity (Wildman–Crippen MR) is 231 cm³/mol. The van der Waals surface area contributed by atoms with E-state index in [1.807, 2.05) is 27.7 Å². The smallest absolute Gasteiger partial charge is 0.225 e. The van der Waals surface area contributed by atoms with E-state index in [0.29, 0.717) is 24.8 Å². The molecule has 0 aromatic carbocycles. The van der Waals surface area contributed by atoms with Gasteiger partial charge in [0, 0.05) is 32.4 Å². The molecule has 57 heavy (non-hydrogen) atoms. The van der Waals surface area contributed by atoms with Crippen molar-refractivity contribution in [2.45, 2.75) is 213 Å². The lowest BCUT2D eigenvalue weighted by molar-refractivity contribution is -0.324. The summed E-state index contributed by atoms with van der Waals surface area (Å²) in [6.45, 7) is 25.8. The van der Waals surface area contributed by atoms with Gasteiger partial charge in [-0.25, -0.2) is 0 Å². The second-order valence-electron chi connectivity index (χ2n) is 19.5. The van der Waals surface area contributed by atoms with Crippen molar-refractivity contribution in [3.63, 3.8) is 0 Å². The molecule has 1 spiro atoms. The van der Waals surface area contributed by atoms with Crippen molar-refractivity contribution >= 4 is 25.9 Å². The minimum atomic E-state index is -2.28. The number of nitrogens with one attached hydrogen (secondary N) is 2. The van der Waals surface area contributed by atoms with Gasteiger partial charge in [-0.05, 0) is 126 Å². The molecule has 0 saturated carbocycles. The molecule has 328 valence electrons. The van der Waals surface area contributed by atoms with Crippen LogP contribution >= 0.6 is 0 Å². The lowest BCUT2D eigenvalue weighted by atomic mass is 9.85. The number of hydrogen-bond acceptors (Lipinski definition) is 8. The highest BCUT2D eigenvalue weighted by molar-refractivity contribution is 6.74. The Hall–Kier alpha value is -1.89. The molecule has 0 radical (unpaired) electrons. The molecular weight excluding hydrogens is 737 g/mol. The van der Waals surface area contributed by atoms with Gasteiger partial charge in [0.1, 0.15) is 0 Å².